The highest BCUT2D eigenvalue weighted by Gasteiger charge is 2.29. The number of aromatic nitrogens is 2. The van der Waals surface area contributed by atoms with E-state index in [0.717, 1.165) is 18.4 Å². The molecule has 0 spiro atoms. The summed E-state index contributed by atoms with van der Waals surface area (Å²) in [5, 5.41) is 10.5. The van der Waals surface area contributed by atoms with Crippen molar-refractivity contribution in [1.29, 1.82) is 0 Å². The monoisotopic (exact) mass is 411 g/mol. The summed E-state index contributed by atoms with van der Waals surface area (Å²) in [5.74, 6) is -0.383. The van der Waals surface area contributed by atoms with Crippen LogP contribution in [0.4, 0.5) is 0 Å². The quantitative estimate of drug-likeness (QED) is 0.700. The maximum atomic E-state index is 12.8. The molecular weight excluding hydrogens is 389 g/mol. The standard InChI is InChI=1S/C18H22ClN5O2.ClH/c19-14-5-3-12(4-6-14)15-10-16(23-22-15)18(26)24-9-1-2-13(11-24)17(25)21-8-7-20;/h3-6,10,13H,1-2,7-9,11,20H2,(H,21,25)(H,22,23);1H. The molecular formula is C18H23Cl2N5O2. The fourth-order valence-corrected chi connectivity index (χ4v) is 3.21. The predicted molar refractivity (Wildman–Crippen MR) is 107 cm³/mol. The minimum Gasteiger partial charge on any atom is -0.355 e. The highest BCUT2D eigenvalue weighted by atomic mass is 35.5. The largest absolute Gasteiger partial charge is 0.355 e. The summed E-state index contributed by atoms with van der Waals surface area (Å²) in [6.45, 7) is 1.90. The molecule has 1 aliphatic rings. The third-order valence-corrected chi connectivity index (χ3v) is 4.72. The summed E-state index contributed by atoms with van der Waals surface area (Å²) in [6, 6.07) is 8.99. The van der Waals surface area contributed by atoms with Crippen molar-refractivity contribution < 1.29 is 9.59 Å². The topological polar surface area (TPSA) is 104 Å². The number of hydrogen-bond donors (Lipinski definition) is 3. The third kappa shape index (κ3) is 5.22. The van der Waals surface area contributed by atoms with Gasteiger partial charge in [-0.25, -0.2) is 0 Å². The van der Waals surface area contributed by atoms with Gasteiger partial charge in [0, 0.05) is 36.8 Å². The highest BCUT2D eigenvalue weighted by molar-refractivity contribution is 6.30. The van der Waals surface area contributed by atoms with Gasteiger partial charge in [-0.1, -0.05) is 23.7 Å². The van der Waals surface area contributed by atoms with Gasteiger partial charge in [0.25, 0.3) is 5.91 Å². The van der Waals surface area contributed by atoms with Crippen molar-refractivity contribution in [2.45, 2.75) is 12.8 Å². The van der Waals surface area contributed by atoms with E-state index in [0.29, 0.717) is 42.6 Å². The lowest BCUT2D eigenvalue weighted by atomic mass is 9.97. The first-order valence-corrected chi connectivity index (χ1v) is 9.04. The second-order valence-corrected chi connectivity index (χ2v) is 6.78. The second kappa shape index (κ2) is 9.73. The van der Waals surface area contributed by atoms with E-state index in [1.165, 1.54) is 0 Å². The van der Waals surface area contributed by atoms with Gasteiger partial charge in [-0.2, -0.15) is 5.10 Å². The first kappa shape index (κ1) is 21.2. The molecule has 0 radical (unpaired) electrons. The number of piperidine rings is 1. The molecule has 1 aliphatic heterocycles. The van der Waals surface area contributed by atoms with Crippen LogP contribution in [-0.2, 0) is 4.79 Å². The Balaban J connectivity index is 0.00000261. The smallest absolute Gasteiger partial charge is 0.271 e. The SMILES string of the molecule is Cl.NCCNC(=O)C1CCCN(C(=O)c2cc(-c3ccc(Cl)cc3)n[nH]2)C1. The molecule has 7 nitrogen and oxygen atoms in total. The van der Waals surface area contributed by atoms with Crippen molar-refractivity contribution in [3.63, 3.8) is 0 Å². The molecule has 1 saturated heterocycles. The summed E-state index contributed by atoms with van der Waals surface area (Å²) in [4.78, 5) is 26.6. The number of nitrogens with zero attached hydrogens (tertiary/aromatic N) is 2. The van der Waals surface area contributed by atoms with E-state index in [-0.39, 0.29) is 30.1 Å². The number of aromatic amines is 1. The van der Waals surface area contributed by atoms with Crippen molar-refractivity contribution >= 4 is 35.8 Å². The molecule has 2 amide bonds. The molecule has 1 fully saturated rings. The van der Waals surface area contributed by atoms with Gasteiger partial charge in [-0.3, -0.25) is 14.7 Å². The number of likely N-dealkylation sites (tertiary alicyclic amines) is 1. The van der Waals surface area contributed by atoms with E-state index in [4.69, 9.17) is 17.3 Å². The Labute approximate surface area is 169 Å². The Hall–Kier alpha value is -2.09. The average Bonchev–Trinajstić information content (AvgIpc) is 3.16. The number of nitrogens with two attached hydrogens (primary N) is 1. The summed E-state index contributed by atoms with van der Waals surface area (Å²) < 4.78 is 0. The van der Waals surface area contributed by atoms with Crippen molar-refractivity contribution in [3.05, 3.63) is 41.0 Å². The van der Waals surface area contributed by atoms with Crippen LogP contribution in [0.15, 0.2) is 30.3 Å². The first-order valence-electron chi connectivity index (χ1n) is 8.67. The Morgan fingerprint density at radius 3 is 2.78 bits per heavy atom. The van der Waals surface area contributed by atoms with Crippen molar-refractivity contribution in [3.8, 4) is 11.3 Å². The number of rotatable bonds is 5. The second-order valence-electron chi connectivity index (χ2n) is 6.34. The normalized spacial score (nSPS) is 16.5. The molecule has 1 unspecified atom stereocenters. The highest BCUT2D eigenvalue weighted by Crippen LogP contribution is 2.22. The minimum atomic E-state index is -0.196. The Kier molecular flexibility index (Phi) is 7.65. The van der Waals surface area contributed by atoms with Crippen LogP contribution in [0.2, 0.25) is 5.02 Å². The van der Waals surface area contributed by atoms with Gasteiger partial charge < -0.3 is 16.0 Å². The van der Waals surface area contributed by atoms with E-state index in [1.54, 1.807) is 23.1 Å². The number of benzene rings is 1. The zero-order chi connectivity index (χ0) is 18.5. The van der Waals surface area contributed by atoms with Crippen molar-refractivity contribution in [2.24, 2.45) is 11.7 Å². The van der Waals surface area contributed by atoms with Gasteiger partial charge in [0.05, 0.1) is 11.6 Å². The van der Waals surface area contributed by atoms with E-state index >= 15 is 0 Å². The lowest BCUT2D eigenvalue weighted by molar-refractivity contribution is -0.126. The number of amides is 2. The fraction of sp³-hybridized carbons (Fsp3) is 0.389. The van der Waals surface area contributed by atoms with Crippen LogP contribution in [-0.4, -0.2) is 53.1 Å². The molecule has 27 heavy (non-hydrogen) atoms. The lowest BCUT2D eigenvalue weighted by Gasteiger charge is -2.31. The Bertz CT molecular complexity index is 778. The summed E-state index contributed by atoms with van der Waals surface area (Å²) in [7, 11) is 0. The first-order chi connectivity index (χ1) is 12.6. The lowest BCUT2D eigenvalue weighted by Crippen LogP contribution is -2.46. The number of hydrogen-bond acceptors (Lipinski definition) is 4. The minimum absolute atomic E-state index is 0. The van der Waals surface area contributed by atoms with E-state index in [1.807, 2.05) is 12.1 Å². The maximum Gasteiger partial charge on any atom is 0.271 e. The number of carbonyl (C=O) groups excluding carboxylic acids is 2. The van der Waals surface area contributed by atoms with E-state index < -0.39 is 0 Å². The maximum absolute atomic E-state index is 12.8. The molecule has 146 valence electrons. The molecule has 1 aromatic carbocycles. The van der Waals surface area contributed by atoms with Crippen LogP contribution in [0, 0.1) is 5.92 Å². The number of halogens is 2. The zero-order valence-corrected chi connectivity index (χ0v) is 16.4. The molecule has 0 saturated carbocycles. The van der Waals surface area contributed by atoms with Gasteiger partial charge >= 0.3 is 0 Å². The molecule has 2 aromatic rings. The number of nitrogens with one attached hydrogen (secondary N) is 2. The summed E-state index contributed by atoms with van der Waals surface area (Å²) in [5.41, 5.74) is 7.39. The average molecular weight is 412 g/mol. The summed E-state index contributed by atoms with van der Waals surface area (Å²) in [6.07, 6.45) is 1.57. The van der Waals surface area contributed by atoms with Gasteiger partial charge in [-0.05, 0) is 31.0 Å². The van der Waals surface area contributed by atoms with Crippen molar-refractivity contribution in [1.82, 2.24) is 20.4 Å². The van der Waals surface area contributed by atoms with Gasteiger partial charge in [0.2, 0.25) is 5.91 Å². The molecule has 9 heteroatoms. The van der Waals surface area contributed by atoms with Gasteiger partial charge in [0.15, 0.2) is 0 Å². The molecule has 4 N–H and O–H groups in total. The van der Waals surface area contributed by atoms with E-state index in [9.17, 15) is 9.59 Å². The Morgan fingerprint density at radius 1 is 1.33 bits per heavy atom. The van der Waals surface area contributed by atoms with Crippen LogP contribution in [0.3, 0.4) is 0 Å². The molecule has 0 aliphatic carbocycles. The number of carbonyl (C=O) groups is 2. The van der Waals surface area contributed by atoms with Crippen molar-refractivity contribution in [2.75, 3.05) is 26.2 Å². The van der Waals surface area contributed by atoms with Crippen LogP contribution < -0.4 is 11.1 Å². The third-order valence-electron chi connectivity index (χ3n) is 4.47. The van der Waals surface area contributed by atoms with Crippen LogP contribution in [0.25, 0.3) is 11.3 Å². The van der Waals surface area contributed by atoms with Gasteiger partial charge in [-0.15, -0.1) is 12.4 Å². The fourth-order valence-electron chi connectivity index (χ4n) is 3.09. The molecule has 3 rings (SSSR count). The summed E-state index contributed by atoms with van der Waals surface area (Å²) >= 11 is 5.90. The molecule has 2 heterocycles. The van der Waals surface area contributed by atoms with Crippen LogP contribution >= 0.6 is 24.0 Å². The van der Waals surface area contributed by atoms with E-state index in [2.05, 4.69) is 15.5 Å². The molecule has 0 bridgehead atoms. The van der Waals surface area contributed by atoms with Gasteiger partial charge in [0.1, 0.15) is 5.69 Å². The Morgan fingerprint density at radius 2 is 2.07 bits per heavy atom. The molecule has 1 aromatic heterocycles. The zero-order valence-electron chi connectivity index (χ0n) is 14.8. The van der Waals surface area contributed by atoms with Crippen LogP contribution in [0.5, 0.6) is 0 Å². The predicted octanol–water partition coefficient (Wildman–Crippen LogP) is 2.08. The molecule has 1 atom stereocenters. The van der Waals surface area contributed by atoms with Crippen LogP contribution in [0.1, 0.15) is 23.3 Å². The number of H-pyrrole nitrogens is 1.